The van der Waals surface area contributed by atoms with Crippen LogP contribution in [0.4, 0.5) is 0 Å². The van der Waals surface area contributed by atoms with Crippen LogP contribution in [0, 0.1) is 0 Å². The Morgan fingerprint density at radius 3 is 3.18 bits per heavy atom. The first-order valence-corrected chi connectivity index (χ1v) is 7.59. The van der Waals surface area contributed by atoms with E-state index in [4.69, 9.17) is 4.74 Å². The summed E-state index contributed by atoms with van der Waals surface area (Å²) in [6.45, 7) is 1.41. The second-order valence-corrected chi connectivity index (χ2v) is 6.36. The number of nitrogens with zero attached hydrogens (tertiary/aromatic N) is 1. The molecule has 92 valence electrons. The predicted molar refractivity (Wildman–Crippen MR) is 70.4 cm³/mol. The first-order valence-electron chi connectivity index (χ1n) is 5.92. The molecule has 2 fully saturated rings. The number of halogens is 1. The molecule has 0 unspecified atom stereocenters. The van der Waals surface area contributed by atoms with Gasteiger partial charge in [-0.05, 0) is 41.3 Å². The normalized spacial score (nSPS) is 28.2. The lowest BCUT2D eigenvalue weighted by atomic mass is 10.1. The lowest BCUT2D eigenvalue weighted by molar-refractivity contribution is -0.0443. The molecule has 5 heteroatoms. The molecule has 3 nitrogen and oxygen atoms in total. The van der Waals surface area contributed by atoms with E-state index in [0.29, 0.717) is 12.6 Å². The number of rotatable bonds is 1. The van der Waals surface area contributed by atoms with Crippen LogP contribution in [-0.4, -0.2) is 36.1 Å². The summed E-state index contributed by atoms with van der Waals surface area (Å²) in [5.74, 6) is 0.168. The van der Waals surface area contributed by atoms with Crippen LogP contribution < -0.4 is 0 Å². The van der Waals surface area contributed by atoms with E-state index >= 15 is 0 Å². The zero-order valence-corrected chi connectivity index (χ0v) is 11.8. The molecule has 1 amide bonds. The van der Waals surface area contributed by atoms with Gasteiger partial charge >= 0.3 is 0 Å². The van der Waals surface area contributed by atoms with E-state index in [-0.39, 0.29) is 12.0 Å². The Morgan fingerprint density at radius 1 is 1.53 bits per heavy atom. The zero-order valence-electron chi connectivity index (χ0n) is 9.39. The van der Waals surface area contributed by atoms with Crippen molar-refractivity contribution in [3.8, 4) is 0 Å². The lowest BCUT2D eigenvalue weighted by Gasteiger charge is -2.37. The largest absolute Gasteiger partial charge is 0.374 e. The monoisotopic (exact) mass is 315 g/mol. The molecule has 1 aromatic heterocycles. The van der Waals surface area contributed by atoms with Crippen molar-refractivity contribution >= 4 is 33.2 Å². The second kappa shape index (κ2) is 4.71. The third-order valence-electron chi connectivity index (χ3n) is 3.52. The second-order valence-electron chi connectivity index (χ2n) is 4.54. The third kappa shape index (κ3) is 2.16. The molecular formula is C12H14BrNO2S. The lowest BCUT2D eigenvalue weighted by Crippen LogP contribution is -2.51. The van der Waals surface area contributed by atoms with E-state index in [0.717, 1.165) is 28.7 Å². The summed E-state index contributed by atoms with van der Waals surface area (Å²) in [5, 5.41) is 1.96. The van der Waals surface area contributed by atoms with Gasteiger partial charge in [-0.25, -0.2) is 0 Å². The minimum absolute atomic E-state index is 0.168. The molecule has 2 atom stereocenters. The summed E-state index contributed by atoms with van der Waals surface area (Å²) < 4.78 is 6.71. The Labute approximate surface area is 113 Å². The summed E-state index contributed by atoms with van der Waals surface area (Å²) in [5.41, 5.74) is 0. The van der Waals surface area contributed by atoms with Crippen molar-refractivity contribution in [1.29, 1.82) is 0 Å². The number of fused-ring (bicyclic) bond motifs is 1. The quantitative estimate of drug-likeness (QED) is 0.797. The van der Waals surface area contributed by atoms with E-state index in [9.17, 15) is 4.79 Å². The maximum absolute atomic E-state index is 12.4. The first kappa shape index (κ1) is 11.7. The van der Waals surface area contributed by atoms with Crippen LogP contribution in [-0.2, 0) is 4.74 Å². The first-order chi connectivity index (χ1) is 8.25. The number of amides is 1. The average molecular weight is 316 g/mol. The molecule has 0 bridgehead atoms. The maximum Gasteiger partial charge on any atom is 0.264 e. The average Bonchev–Trinajstić information content (AvgIpc) is 2.95. The minimum Gasteiger partial charge on any atom is -0.374 e. The highest BCUT2D eigenvalue weighted by Gasteiger charge is 2.38. The number of morpholine rings is 1. The number of ether oxygens (including phenoxy) is 1. The highest BCUT2D eigenvalue weighted by Crippen LogP contribution is 2.31. The van der Waals surface area contributed by atoms with Gasteiger partial charge in [0.1, 0.15) is 0 Å². The van der Waals surface area contributed by atoms with Gasteiger partial charge in [0.15, 0.2) is 0 Å². The molecule has 1 aromatic rings. The van der Waals surface area contributed by atoms with Gasteiger partial charge in [-0.3, -0.25) is 4.79 Å². The molecular weight excluding hydrogens is 302 g/mol. The molecule has 0 aromatic carbocycles. The topological polar surface area (TPSA) is 29.5 Å². The molecule has 3 rings (SSSR count). The molecule has 1 aliphatic carbocycles. The van der Waals surface area contributed by atoms with E-state index in [1.165, 1.54) is 17.8 Å². The summed E-state index contributed by atoms with van der Waals surface area (Å²) in [6.07, 6.45) is 3.63. The molecule has 2 heterocycles. The van der Waals surface area contributed by atoms with Crippen LogP contribution in [0.2, 0.25) is 0 Å². The minimum atomic E-state index is 0.168. The van der Waals surface area contributed by atoms with Gasteiger partial charge < -0.3 is 9.64 Å². The van der Waals surface area contributed by atoms with Crippen molar-refractivity contribution in [3.05, 3.63) is 20.8 Å². The molecule has 1 saturated carbocycles. The van der Waals surface area contributed by atoms with Gasteiger partial charge in [0, 0.05) is 16.4 Å². The third-order valence-corrected chi connectivity index (χ3v) is 5.20. The fourth-order valence-corrected chi connectivity index (χ4v) is 4.13. The molecule has 2 aliphatic rings. The SMILES string of the molecule is O=C(c1cc(Br)cs1)N1CCO[C@@H]2CCC[C@H]21. The van der Waals surface area contributed by atoms with E-state index < -0.39 is 0 Å². The van der Waals surface area contributed by atoms with Gasteiger partial charge in [0.2, 0.25) is 0 Å². The standard InChI is InChI=1S/C12H14BrNO2S/c13-8-6-11(17-7-8)12(15)14-4-5-16-10-3-1-2-9(10)14/h6-7,9-10H,1-5H2/t9-,10-/m1/s1. The van der Waals surface area contributed by atoms with Crippen molar-refractivity contribution in [1.82, 2.24) is 4.90 Å². The van der Waals surface area contributed by atoms with Crippen LogP contribution in [0.5, 0.6) is 0 Å². The zero-order chi connectivity index (χ0) is 11.8. The summed E-state index contributed by atoms with van der Waals surface area (Å²) in [4.78, 5) is 15.3. The van der Waals surface area contributed by atoms with Crippen LogP contribution in [0.1, 0.15) is 28.9 Å². The van der Waals surface area contributed by atoms with Crippen LogP contribution in [0.25, 0.3) is 0 Å². The molecule has 0 spiro atoms. The van der Waals surface area contributed by atoms with Gasteiger partial charge in [0.25, 0.3) is 5.91 Å². The van der Waals surface area contributed by atoms with Crippen LogP contribution >= 0.6 is 27.3 Å². The molecule has 1 aliphatic heterocycles. The van der Waals surface area contributed by atoms with Gasteiger partial charge in [-0.1, -0.05) is 0 Å². The van der Waals surface area contributed by atoms with E-state index in [1.807, 2.05) is 16.3 Å². The Balaban J connectivity index is 1.81. The fraction of sp³-hybridized carbons (Fsp3) is 0.583. The Kier molecular flexibility index (Phi) is 3.23. The highest BCUT2D eigenvalue weighted by atomic mass is 79.9. The van der Waals surface area contributed by atoms with Gasteiger partial charge in [0.05, 0.1) is 23.6 Å². The Bertz CT molecular complexity index is 434. The number of carbonyl (C=O) groups excluding carboxylic acids is 1. The smallest absolute Gasteiger partial charge is 0.264 e. The number of hydrogen-bond acceptors (Lipinski definition) is 3. The summed E-state index contributed by atoms with van der Waals surface area (Å²) in [6, 6.07) is 2.21. The fourth-order valence-electron chi connectivity index (χ4n) is 2.74. The summed E-state index contributed by atoms with van der Waals surface area (Å²) >= 11 is 4.90. The molecule has 17 heavy (non-hydrogen) atoms. The number of thiophene rings is 1. The maximum atomic E-state index is 12.4. The Morgan fingerprint density at radius 2 is 2.41 bits per heavy atom. The Hall–Kier alpha value is -0.390. The van der Waals surface area contributed by atoms with Crippen molar-refractivity contribution in [2.75, 3.05) is 13.2 Å². The molecule has 0 radical (unpaired) electrons. The highest BCUT2D eigenvalue weighted by molar-refractivity contribution is 9.10. The van der Waals surface area contributed by atoms with Crippen LogP contribution in [0.15, 0.2) is 15.9 Å². The van der Waals surface area contributed by atoms with Crippen molar-refractivity contribution in [2.45, 2.75) is 31.4 Å². The van der Waals surface area contributed by atoms with Crippen molar-refractivity contribution in [3.63, 3.8) is 0 Å². The summed E-state index contributed by atoms with van der Waals surface area (Å²) in [7, 11) is 0. The number of carbonyl (C=O) groups is 1. The molecule has 1 saturated heterocycles. The van der Waals surface area contributed by atoms with Gasteiger partial charge in [-0.15, -0.1) is 11.3 Å². The number of hydrogen-bond donors (Lipinski definition) is 0. The predicted octanol–water partition coefficient (Wildman–Crippen LogP) is 2.90. The van der Waals surface area contributed by atoms with Crippen molar-refractivity contribution < 1.29 is 9.53 Å². The van der Waals surface area contributed by atoms with E-state index in [2.05, 4.69) is 15.9 Å². The van der Waals surface area contributed by atoms with Crippen LogP contribution in [0.3, 0.4) is 0 Å². The van der Waals surface area contributed by atoms with Gasteiger partial charge in [-0.2, -0.15) is 0 Å². The van der Waals surface area contributed by atoms with E-state index in [1.54, 1.807) is 0 Å². The molecule has 0 N–H and O–H groups in total. The van der Waals surface area contributed by atoms with Crippen molar-refractivity contribution in [2.24, 2.45) is 0 Å².